The minimum absolute atomic E-state index is 0. The molecule has 0 spiro atoms. The Morgan fingerprint density at radius 2 is 2.04 bits per heavy atom. The minimum Gasteiger partial charge on any atom is -0.370 e. The summed E-state index contributed by atoms with van der Waals surface area (Å²) in [7, 11) is 0. The maximum absolute atomic E-state index is 5.98. The number of halogens is 1. The maximum Gasteiger partial charge on any atom is 0.193 e. The van der Waals surface area contributed by atoms with E-state index < -0.39 is 0 Å². The number of fused-ring (bicyclic) bond motifs is 1. The van der Waals surface area contributed by atoms with Gasteiger partial charge < -0.3 is 11.1 Å². The lowest BCUT2D eigenvalue weighted by atomic mass is 10.1. The van der Waals surface area contributed by atoms with E-state index in [1.54, 1.807) is 0 Å². The lowest BCUT2D eigenvalue weighted by molar-refractivity contribution is 0.912. The number of anilines is 1. The number of benzene rings is 1. The van der Waals surface area contributed by atoms with Crippen LogP contribution in [0.2, 0.25) is 0 Å². The molecule has 1 heterocycles. The summed E-state index contributed by atoms with van der Waals surface area (Å²) in [4.78, 5) is 8.70. The van der Waals surface area contributed by atoms with Crippen LogP contribution in [0.25, 0.3) is 0 Å². The summed E-state index contributed by atoms with van der Waals surface area (Å²) in [5.74, 6) is 0.432. The largest absolute Gasteiger partial charge is 0.370 e. The summed E-state index contributed by atoms with van der Waals surface area (Å²) in [6.07, 6.45) is 6.44. The fourth-order valence-corrected chi connectivity index (χ4v) is 2.84. The van der Waals surface area contributed by atoms with Gasteiger partial charge >= 0.3 is 0 Å². The fourth-order valence-electron chi connectivity index (χ4n) is 2.84. The highest BCUT2D eigenvalue weighted by Crippen LogP contribution is 2.24. The van der Waals surface area contributed by atoms with Crippen molar-refractivity contribution in [3.63, 3.8) is 0 Å². The summed E-state index contributed by atoms with van der Waals surface area (Å²) in [5.41, 5.74) is 12.1. The summed E-state index contributed by atoms with van der Waals surface area (Å²) in [6, 6.07) is 10.5. The molecule has 1 aromatic carbocycles. The molecule has 4 nitrogen and oxygen atoms in total. The molecule has 1 aromatic heterocycles. The molecule has 0 amide bonds. The number of guanidine groups is 1. The molecule has 1 aliphatic rings. The van der Waals surface area contributed by atoms with Crippen LogP contribution in [0.4, 0.5) is 5.69 Å². The first-order valence-corrected chi connectivity index (χ1v) is 7.87. The molecule has 23 heavy (non-hydrogen) atoms. The Bertz CT molecular complexity index is 697. The van der Waals surface area contributed by atoms with E-state index >= 15 is 0 Å². The standard InChI is InChI=1S/C18H22N4.HI/c1-2-13-8-9-20-17(10-13)12-21-18(19)22-16-7-6-14-4-3-5-15(14)11-16;/h6-11H,2-5,12H2,1H3,(H3,19,21,22);1H. The van der Waals surface area contributed by atoms with E-state index in [0.717, 1.165) is 24.2 Å². The van der Waals surface area contributed by atoms with Gasteiger partial charge in [-0.2, -0.15) is 0 Å². The van der Waals surface area contributed by atoms with Gasteiger partial charge in [-0.1, -0.05) is 13.0 Å². The van der Waals surface area contributed by atoms with E-state index in [4.69, 9.17) is 5.73 Å². The van der Waals surface area contributed by atoms with E-state index in [1.165, 1.54) is 29.5 Å². The second-order valence-electron chi connectivity index (χ2n) is 5.67. The summed E-state index contributed by atoms with van der Waals surface area (Å²) >= 11 is 0. The van der Waals surface area contributed by atoms with Crippen LogP contribution in [0.3, 0.4) is 0 Å². The van der Waals surface area contributed by atoms with Crippen LogP contribution in [-0.4, -0.2) is 10.9 Å². The highest BCUT2D eigenvalue weighted by molar-refractivity contribution is 14.0. The monoisotopic (exact) mass is 422 g/mol. The summed E-state index contributed by atoms with van der Waals surface area (Å²) < 4.78 is 0. The van der Waals surface area contributed by atoms with Crippen LogP contribution in [0.5, 0.6) is 0 Å². The molecule has 0 saturated heterocycles. The summed E-state index contributed by atoms with van der Waals surface area (Å²) in [6.45, 7) is 2.63. The third-order valence-electron chi connectivity index (χ3n) is 4.07. The van der Waals surface area contributed by atoms with E-state index in [1.807, 2.05) is 12.3 Å². The fraction of sp³-hybridized carbons (Fsp3) is 0.333. The van der Waals surface area contributed by atoms with Crippen molar-refractivity contribution < 1.29 is 0 Å². The molecule has 0 aliphatic heterocycles. The number of aliphatic imine (C=N–C) groups is 1. The van der Waals surface area contributed by atoms with Crippen LogP contribution < -0.4 is 11.1 Å². The SMILES string of the molecule is CCc1ccnc(CN=C(N)Nc2ccc3c(c2)CCC3)c1.I. The van der Waals surface area contributed by atoms with Gasteiger partial charge in [-0.3, -0.25) is 4.98 Å². The minimum atomic E-state index is 0. The Hall–Kier alpha value is -1.63. The van der Waals surface area contributed by atoms with E-state index in [2.05, 4.69) is 46.5 Å². The van der Waals surface area contributed by atoms with Crippen molar-refractivity contribution >= 4 is 35.6 Å². The molecule has 0 radical (unpaired) electrons. The first-order chi connectivity index (χ1) is 10.7. The molecule has 0 saturated carbocycles. The van der Waals surface area contributed by atoms with Gasteiger partial charge in [-0.15, -0.1) is 24.0 Å². The topological polar surface area (TPSA) is 63.3 Å². The third-order valence-corrected chi connectivity index (χ3v) is 4.07. The maximum atomic E-state index is 5.98. The zero-order valence-electron chi connectivity index (χ0n) is 13.4. The number of nitrogens with two attached hydrogens (primary N) is 1. The molecular weight excluding hydrogens is 399 g/mol. The lowest BCUT2D eigenvalue weighted by Crippen LogP contribution is -2.22. The number of aromatic nitrogens is 1. The van der Waals surface area contributed by atoms with Crippen LogP contribution in [-0.2, 0) is 25.8 Å². The smallest absolute Gasteiger partial charge is 0.193 e. The quantitative estimate of drug-likeness (QED) is 0.449. The number of hydrogen-bond acceptors (Lipinski definition) is 2. The number of aryl methyl sites for hydroxylation is 3. The Morgan fingerprint density at radius 1 is 1.22 bits per heavy atom. The Morgan fingerprint density at radius 3 is 2.87 bits per heavy atom. The number of nitrogens with one attached hydrogen (secondary N) is 1. The molecular formula is C18H23IN4. The van der Waals surface area contributed by atoms with Crippen LogP contribution in [0, 0.1) is 0 Å². The highest BCUT2D eigenvalue weighted by Gasteiger charge is 2.10. The van der Waals surface area contributed by atoms with Gasteiger partial charge in [-0.05, 0) is 66.6 Å². The normalized spacial score (nSPS) is 13.3. The second kappa shape index (κ2) is 8.29. The number of nitrogens with zero attached hydrogens (tertiary/aromatic N) is 2. The van der Waals surface area contributed by atoms with Crippen molar-refractivity contribution in [2.24, 2.45) is 10.7 Å². The molecule has 3 rings (SSSR count). The van der Waals surface area contributed by atoms with E-state index in [9.17, 15) is 0 Å². The molecule has 0 unspecified atom stereocenters. The average molecular weight is 422 g/mol. The van der Waals surface area contributed by atoms with Crippen molar-refractivity contribution in [2.75, 3.05) is 5.32 Å². The molecule has 2 aromatic rings. The predicted octanol–water partition coefficient (Wildman–Crippen LogP) is 3.68. The van der Waals surface area contributed by atoms with Crippen LogP contribution in [0.1, 0.15) is 35.7 Å². The van der Waals surface area contributed by atoms with Gasteiger partial charge in [0.1, 0.15) is 0 Å². The van der Waals surface area contributed by atoms with Crippen LogP contribution >= 0.6 is 24.0 Å². The Kier molecular flexibility index (Phi) is 6.38. The second-order valence-corrected chi connectivity index (χ2v) is 5.67. The van der Waals surface area contributed by atoms with Crippen molar-refractivity contribution in [3.05, 3.63) is 58.9 Å². The van der Waals surface area contributed by atoms with Crippen molar-refractivity contribution in [1.29, 1.82) is 0 Å². The van der Waals surface area contributed by atoms with Crippen molar-refractivity contribution in [2.45, 2.75) is 39.2 Å². The molecule has 0 atom stereocenters. The van der Waals surface area contributed by atoms with Crippen molar-refractivity contribution in [3.8, 4) is 0 Å². The Labute approximate surface area is 154 Å². The van der Waals surface area contributed by atoms with Gasteiger partial charge in [0.2, 0.25) is 0 Å². The molecule has 1 aliphatic carbocycles. The van der Waals surface area contributed by atoms with Crippen molar-refractivity contribution in [1.82, 2.24) is 4.98 Å². The van der Waals surface area contributed by atoms with Gasteiger partial charge in [0.25, 0.3) is 0 Å². The number of rotatable bonds is 4. The van der Waals surface area contributed by atoms with Gasteiger partial charge in [-0.25, -0.2) is 4.99 Å². The first kappa shape index (κ1) is 17.7. The van der Waals surface area contributed by atoms with Gasteiger partial charge in [0, 0.05) is 11.9 Å². The Balaban J connectivity index is 0.00000192. The van der Waals surface area contributed by atoms with E-state index in [0.29, 0.717) is 12.5 Å². The highest BCUT2D eigenvalue weighted by atomic mass is 127. The van der Waals surface area contributed by atoms with Gasteiger partial charge in [0.05, 0.1) is 12.2 Å². The molecule has 5 heteroatoms. The van der Waals surface area contributed by atoms with E-state index in [-0.39, 0.29) is 24.0 Å². The molecule has 0 bridgehead atoms. The summed E-state index contributed by atoms with van der Waals surface area (Å²) in [5, 5.41) is 3.17. The average Bonchev–Trinajstić information content (AvgIpc) is 3.01. The molecule has 3 N–H and O–H groups in total. The van der Waals surface area contributed by atoms with Gasteiger partial charge in [0.15, 0.2) is 5.96 Å². The third kappa shape index (κ3) is 4.67. The number of pyridine rings is 1. The predicted molar refractivity (Wildman–Crippen MR) is 106 cm³/mol. The zero-order valence-corrected chi connectivity index (χ0v) is 15.7. The zero-order chi connectivity index (χ0) is 15.4. The number of hydrogen-bond donors (Lipinski definition) is 2. The molecule has 122 valence electrons. The lowest BCUT2D eigenvalue weighted by Gasteiger charge is -2.08. The first-order valence-electron chi connectivity index (χ1n) is 7.87. The van der Waals surface area contributed by atoms with Crippen LogP contribution in [0.15, 0.2) is 41.5 Å². The molecule has 0 fully saturated rings.